The van der Waals surface area contributed by atoms with Crippen molar-refractivity contribution < 1.29 is 9.53 Å². The smallest absolute Gasteiger partial charge is 0.168 e. The summed E-state index contributed by atoms with van der Waals surface area (Å²) in [5.74, 6) is 1.00. The first-order valence-electron chi connectivity index (χ1n) is 7.06. The van der Waals surface area contributed by atoms with Crippen LogP contribution < -0.4 is 4.74 Å². The molecule has 1 fully saturated rings. The second-order valence-electron chi connectivity index (χ2n) is 6.37. The van der Waals surface area contributed by atoms with Crippen molar-refractivity contribution in [3.63, 3.8) is 0 Å². The molecule has 1 aliphatic rings. The highest BCUT2D eigenvalue weighted by atomic mass is 16.5. The number of hydrogen-bond acceptors (Lipinski definition) is 3. The zero-order chi connectivity index (χ0) is 14.0. The molecule has 3 nitrogen and oxygen atoms in total. The summed E-state index contributed by atoms with van der Waals surface area (Å²) < 4.78 is 5.60. The Labute approximate surface area is 115 Å². The van der Waals surface area contributed by atoms with E-state index in [4.69, 9.17) is 4.74 Å². The number of ether oxygens (including phenoxy) is 1. The fourth-order valence-electron chi connectivity index (χ4n) is 2.90. The number of pyridine rings is 1. The van der Waals surface area contributed by atoms with E-state index in [1.807, 2.05) is 19.9 Å². The Balaban J connectivity index is 2.19. The SMILES string of the molecule is CC(C)Oc1cncc(C(=O)C2CCCC2(C)C)c1. The second-order valence-corrected chi connectivity index (χ2v) is 6.37. The molecule has 3 heteroatoms. The molecule has 0 amide bonds. The van der Waals surface area contributed by atoms with Crippen LogP contribution >= 0.6 is 0 Å². The highest BCUT2D eigenvalue weighted by Crippen LogP contribution is 2.44. The molecule has 1 saturated carbocycles. The summed E-state index contributed by atoms with van der Waals surface area (Å²) in [5.41, 5.74) is 0.782. The maximum absolute atomic E-state index is 12.6. The van der Waals surface area contributed by atoms with Gasteiger partial charge >= 0.3 is 0 Å². The van der Waals surface area contributed by atoms with Gasteiger partial charge in [-0.2, -0.15) is 0 Å². The lowest BCUT2D eigenvalue weighted by Gasteiger charge is -2.25. The van der Waals surface area contributed by atoms with Crippen LogP contribution in [-0.2, 0) is 0 Å². The molecule has 104 valence electrons. The molecule has 1 atom stereocenters. The third kappa shape index (κ3) is 3.14. The van der Waals surface area contributed by atoms with Crippen molar-refractivity contribution in [3.05, 3.63) is 24.0 Å². The fraction of sp³-hybridized carbons (Fsp3) is 0.625. The molecular formula is C16H23NO2. The van der Waals surface area contributed by atoms with E-state index in [1.54, 1.807) is 12.4 Å². The minimum absolute atomic E-state index is 0.0927. The van der Waals surface area contributed by atoms with Gasteiger partial charge in [-0.25, -0.2) is 0 Å². The summed E-state index contributed by atoms with van der Waals surface area (Å²) in [6.07, 6.45) is 6.66. The van der Waals surface area contributed by atoms with E-state index in [0.717, 1.165) is 19.3 Å². The number of aromatic nitrogens is 1. The fourth-order valence-corrected chi connectivity index (χ4v) is 2.90. The number of ketones is 1. The molecule has 2 rings (SSSR count). The van der Waals surface area contributed by atoms with Crippen LogP contribution in [0, 0.1) is 11.3 Å². The lowest BCUT2D eigenvalue weighted by atomic mass is 9.78. The van der Waals surface area contributed by atoms with Crippen LogP contribution in [0.25, 0.3) is 0 Å². The van der Waals surface area contributed by atoms with Gasteiger partial charge in [-0.05, 0) is 38.2 Å². The Hall–Kier alpha value is -1.38. The highest BCUT2D eigenvalue weighted by molar-refractivity contribution is 5.98. The van der Waals surface area contributed by atoms with Gasteiger partial charge in [0.05, 0.1) is 12.3 Å². The zero-order valence-corrected chi connectivity index (χ0v) is 12.3. The van der Waals surface area contributed by atoms with Gasteiger partial charge in [0.1, 0.15) is 5.75 Å². The summed E-state index contributed by atoms with van der Waals surface area (Å²) in [5, 5.41) is 0. The first kappa shape index (κ1) is 14.0. The average Bonchev–Trinajstić information content (AvgIpc) is 2.67. The highest BCUT2D eigenvalue weighted by Gasteiger charge is 2.39. The zero-order valence-electron chi connectivity index (χ0n) is 12.3. The maximum atomic E-state index is 12.6. The first-order valence-corrected chi connectivity index (χ1v) is 7.06. The standard InChI is InChI=1S/C16H23NO2/c1-11(2)19-13-8-12(9-17-10-13)15(18)14-6-5-7-16(14,3)4/h8-11,14H,5-7H2,1-4H3. The Morgan fingerprint density at radius 2 is 2.16 bits per heavy atom. The first-order chi connectivity index (χ1) is 8.90. The van der Waals surface area contributed by atoms with Crippen LogP contribution in [0.5, 0.6) is 5.75 Å². The van der Waals surface area contributed by atoms with E-state index in [9.17, 15) is 4.79 Å². The third-order valence-electron chi connectivity index (χ3n) is 3.94. The van der Waals surface area contributed by atoms with Gasteiger partial charge in [-0.15, -0.1) is 0 Å². The average molecular weight is 261 g/mol. The summed E-state index contributed by atoms with van der Waals surface area (Å²) in [7, 11) is 0. The number of nitrogens with zero attached hydrogens (tertiary/aromatic N) is 1. The lowest BCUT2D eigenvalue weighted by Crippen LogP contribution is -2.26. The van der Waals surface area contributed by atoms with E-state index in [1.165, 1.54) is 0 Å². The maximum Gasteiger partial charge on any atom is 0.168 e. The molecule has 0 bridgehead atoms. The van der Waals surface area contributed by atoms with E-state index < -0.39 is 0 Å². The van der Waals surface area contributed by atoms with Crippen molar-refractivity contribution in [3.8, 4) is 5.75 Å². The molecule has 0 N–H and O–H groups in total. The van der Waals surface area contributed by atoms with Crippen molar-refractivity contribution >= 4 is 5.78 Å². The largest absolute Gasteiger partial charge is 0.489 e. The predicted molar refractivity (Wildman–Crippen MR) is 75.5 cm³/mol. The molecule has 0 aromatic carbocycles. The summed E-state index contributed by atoms with van der Waals surface area (Å²) >= 11 is 0. The van der Waals surface area contributed by atoms with Crippen molar-refractivity contribution in [1.29, 1.82) is 0 Å². The second kappa shape index (κ2) is 5.32. The normalized spacial score (nSPS) is 21.6. The van der Waals surface area contributed by atoms with Crippen LogP contribution in [0.2, 0.25) is 0 Å². The summed E-state index contributed by atoms with van der Waals surface area (Å²) in [6, 6.07) is 1.82. The van der Waals surface area contributed by atoms with Crippen LogP contribution in [0.15, 0.2) is 18.5 Å². The molecule has 1 aromatic rings. The molecule has 19 heavy (non-hydrogen) atoms. The number of rotatable bonds is 4. The Morgan fingerprint density at radius 3 is 2.74 bits per heavy atom. The van der Waals surface area contributed by atoms with Crippen molar-refractivity contribution in [2.45, 2.75) is 53.1 Å². The minimum Gasteiger partial charge on any atom is -0.489 e. The van der Waals surface area contributed by atoms with Gasteiger partial charge in [0.15, 0.2) is 5.78 Å². The van der Waals surface area contributed by atoms with E-state index in [0.29, 0.717) is 11.3 Å². The van der Waals surface area contributed by atoms with Crippen molar-refractivity contribution in [2.24, 2.45) is 11.3 Å². The number of Topliss-reactive ketones (excluding diaryl/α,β-unsaturated/α-hetero) is 1. The van der Waals surface area contributed by atoms with Gasteiger partial charge in [0.2, 0.25) is 0 Å². The molecule has 0 saturated heterocycles. The van der Waals surface area contributed by atoms with Crippen molar-refractivity contribution in [1.82, 2.24) is 4.98 Å². The molecule has 0 spiro atoms. The predicted octanol–water partition coefficient (Wildman–Crippen LogP) is 3.88. The van der Waals surface area contributed by atoms with E-state index >= 15 is 0 Å². The quantitative estimate of drug-likeness (QED) is 0.772. The number of carbonyl (C=O) groups excluding carboxylic acids is 1. The summed E-state index contributed by atoms with van der Waals surface area (Å²) in [6.45, 7) is 8.30. The summed E-state index contributed by atoms with van der Waals surface area (Å²) in [4.78, 5) is 16.7. The van der Waals surface area contributed by atoms with Gasteiger partial charge in [-0.1, -0.05) is 20.3 Å². The Bertz CT molecular complexity index is 466. The van der Waals surface area contributed by atoms with Crippen LogP contribution in [0.4, 0.5) is 0 Å². The lowest BCUT2D eigenvalue weighted by molar-refractivity contribution is 0.0838. The molecule has 1 heterocycles. The number of hydrogen-bond donors (Lipinski definition) is 0. The van der Waals surface area contributed by atoms with Crippen molar-refractivity contribution in [2.75, 3.05) is 0 Å². The Kier molecular flexibility index (Phi) is 3.93. The van der Waals surface area contributed by atoms with Crippen LogP contribution in [0.3, 0.4) is 0 Å². The van der Waals surface area contributed by atoms with Gasteiger partial charge < -0.3 is 4.74 Å². The van der Waals surface area contributed by atoms with Crippen LogP contribution in [0.1, 0.15) is 57.3 Å². The Morgan fingerprint density at radius 1 is 1.42 bits per heavy atom. The number of carbonyl (C=O) groups is 1. The molecule has 1 aromatic heterocycles. The topological polar surface area (TPSA) is 39.2 Å². The van der Waals surface area contributed by atoms with Gasteiger partial charge in [-0.3, -0.25) is 9.78 Å². The third-order valence-corrected chi connectivity index (χ3v) is 3.94. The molecule has 0 radical (unpaired) electrons. The molecule has 0 aliphatic heterocycles. The monoisotopic (exact) mass is 261 g/mol. The molecular weight excluding hydrogens is 238 g/mol. The van der Waals surface area contributed by atoms with Gasteiger partial charge in [0, 0.05) is 17.7 Å². The van der Waals surface area contributed by atoms with Gasteiger partial charge in [0.25, 0.3) is 0 Å². The van der Waals surface area contributed by atoms with Crippen LogP contribution in [-0.4, -0.2) is 16.9 Å². The van der Waals surface area contributed by atoms with E-state index in [2.05, 4.69) is 18.8 Å². The van der Waals surface area contributed by atoms with E-state index in [-0.39, 0.29) is 23.2 Å². The minimum atomic E-state index is 0.0927. The molecule has 1 unspecified atom stereocenters. The molecule has 1 aliphatic carbocycles.